The van der Waals surface area contributed by atoms with E-state index in [-0.39, 0.29) is 6.10 Å². The fourth-order valence-corrected chi connectivity index (χ4v) is 2.38. The maximum absolute atomic E-state index is 7.76. The van der Waals surface area contributed by atoms with Gasteiger partial charge in [0.25, 0.3) is 0 Å². The molecule has 0 aromatic rings. The molecule has 2 unspecified atom stereocenters. The second-order valence-electron chi connectivity index (χ2n) is 2.79. The van der Waals surface area contributed by atoms with Crippen molar-refractivity contribution in [3.8, 4) is 0 Å². The van der Waals surface area contributed by atoms with Crippen molar-refractivity contribution < 1.29 is 7.48 Å². The van der Waals surface area contributed by atoms with Crippen LogP contribution in [0.25, 0.3) is 0 Å². The van der Waals surface area contributed by atoms with Gasteiger partial charge in [-0.05, 0) is 25.6 Å². The van der Waals surface area contributed by atoms with Crippen molar-refractivity contribution in [1.82, 2.24) is 0 Å². The molecule has 2 bridgehead atoms. The summed E-state index contributed by atoms with van der Waals surface area (Å²) in [5.41, 5.74) is -0.432. The minimum atomic E-state index is -1.07. The first-order valence-electron chi connectivity index (χ1n) is 4.33. The largest absolute Gasteiger partial charge is 0.371 e. The molecule has 0 aliphatic carbocycles. The number of ether oxygens (including phenoxy) is 1. The first kappa shape index (κ1) is 4.54. The number of fused-ring (bicyclic) bond motifs is 2. The van der Waals surface area contributed by atoms with Crippen LogP contribution < -0.4 is 0 Å². The van der Waals surface area contributed by atoms with E-state index in [1.54, 1.807) is 0 Å². The van der Waals surface area contributed by atoms with Gasteiger partial charge in [-0.3, -0.25) is 0 Å². The van der Waals surface area contributed by atoms with Crippen LogP contribution in [0.3, 0.4) is 0 Å². The highest BCUT2D eigenvalue weighted by Gasteiger charge is 2.44. The Bertz CT molecular complexity index is 185. The van der Waals surface area contributed by atoms with Crippen molar-refractivity contribution in [1.29, 1.82) is 0 Å². The maximum Gasteiger partial charge on any atom is 0.0777 e. The second kappa shape index (κ2) is 2.09. The number of halogens is 1. The van der Waals surface area contributed by atoms with Crippen LogP contribution in [-0.2, 0) is 4.74 Å². The second-order valence-corrected chi connectivity index (χ2v) is 3.55. The molecule has 2 fully saturated rings. The van der Waals surface area contributed by atoms with Crippen LogP contribution in [-0.4, -0.2) is 16.1 Å². The van der Waals surface area contributed by atoms with Crippen LogP contribution in [0.5, 0.6) is 0 Å². The molecule has 0 saturated carbocycles. The van der Waals surface area contributed by atoms with Crippen LogP contribution in [0.2, 0.25) is 0 Å². The van der Waals surface area contributed by atoms with Gasteiger partial charge in [0.15, 0.2) is 0 Å². The van der Waals surface area contributed by atoms with Crippen LogP contribution in [0.1, 0.15) is 28.4 Å². The zero-order valence-electron chi connectivity index (χ0n) is 7.19. The molecule has 9 heavy (non-hydrogen) atoms. The molecule has 0 N–H and O–H groups in total. The number of rotatable bonds is 1. The van der Waals surface area contributed by atoms with Crippen molar-refractivity contribution in [3.05, 3.63) is 0 Å². The monoisotopic (exact) mass is 240 g/mol. The minimum absolute atomic E-state index is 0.208. The Morgan fingerprint density at radius 1 is 1.78 bits per heavy atom. The molecule has 2 atom stereocenters. The van der Waals surface area contributed by atoms with E-state index in [1.807, 2.05) is 0 Å². The molecule has 0 amide bonds. The van der Waals surface area contributed by atoms with Gasteiger partial charge in [0, 0.05) is 7.17 Å². The zero-order valence-corrected chi connectivity index (χ0v) is 7.35. The molecule has 2 aliphatic rings. The molecule has 2 heterocycles. The maximum atomic E-state index is 7.76. The molecular weight excluding hydrogens is 227 g/mol. The smallest absolute Gasteiger partial charge is 0.0777 e. The summed E-state index contributed by atoms with van der Waals surface area (Å²) >= 11 is 2.23. The fourth-order valence-electron chi connectivity index (χ4n) is 1.55. The lowest BCUT2D eigenvalue weighted by Crippen LogP contribution is -2.25. The Morgan fingerprint density at radius 2 is 2.67 bits per heavy atom. The fraction of sp³-hybridized carbons (Fsp3) is 1.00. The molecule has 0 aromatic heterocycles. The summed E-state index contributed by atoms with van der Waals surface area (Å²) in [5.74, 6) is 0. The number of hydrogen-bond acceptors (Lipinski definition) is 1. The molecule has 0 aromatic carbocycles. The quantitative estimate of drug-likeness (QED) is 0.504. The van der Waals surface area contributed by atoms with E-state index in [0.717, 1.165) is 17.3 Å². The molecule has 0 spiro atoms. The first-order chi connectivity index (χ1) is 5.10. The average molecular weight is 240 g/mol. The molecule has 2 aliphatic heterocycles. The van der Waals surface area contributed by atoms with Crippen molar-refractivity contribution in [2.45, 2.75) is 37.3 Å². The van der Waals surface area contributed by atoms with Crippen molar-refractivity contribution in [2.75, 3.05) is 4.43 Å². The lowest BCUT2D eigenvalue weighted by Gasteiger charge is -2.20. The first-order valence-corrected chi connectivity index (χ1v) is 4.86. The highest BCUT2D eigenvalue weighted by molar-refractivity contribution is 14.1. The van der Waals surface area contributed by atoms with Gasteiger partial charge in [-0.25, -0.2) is 0 Å². The minimum Gasteiger partial charge on any atom is -0.371 e. The van der Waals surface area contributed by atoms with E-state index in [1.165, 1.54) is 0 Å². The summed E-state index contributed by atoms with van der Waals surface area (Å²) in [6, 6.07) is 0. The number of hydrogen-bond donors (Lipinski definition) is 0. The molecular formula is C7H11IO. The summed E-state index contributed by atoms with van der Waals surface area (Å²) < 4.78 is 21.9. The molecule has 0 radical (unpaired) electrons. The lowest BCUT2D eigenvalue weighted by atomic mass is 9.90. The summed E-state index contributed by atoms with van der Waals surface area (Å²) in [6.45, 7) is 0. The topological polar surface area (TPSA) is 9.23 Å². The van der Waals surface area contributed by atoms with E-state index < -0.39 is 12.0 Å². The summed E-state index contributed by atoms with van der Waals surface area (Å²) in [4.78, 5) is 0. The third kappa shape index (κ3) is 0.909. The van der Waals surface area contributed by atoms with Crippen LogP contribution in [0.4, 0.5) is 0 Å². The third-order valence-corrected chi connectivity index (χ3v) is 3.36. The standard InChI is InChI=1S/C7H11IO/c8-5-7-3-1-6(9-7)2-4-7/h6H,1-5H2/i3D2. The van der Waals surface area contributed by atoms with Crippen LogP contribution in [0, 0.1) is 0 Å². The van der Waals surface area contributed by atoms with Gasteiger partial charge in [-0.2, -0.15) is 0 Å². The van der Waals surface area contributed by atoms with Gasteiger partial charge in [0.05, 0.1) is 11.7 Å². The summed E-state index contributed by atoms with van der Waals surface area (Å²) in [6.07, 6.45) is 1.71. The predicted octanol–water partition coefficient (Wildman–Crippen LogP) is 2.13. The number of alkyl halides is 1. The summed E-state index contributed by atoms with van der Waals surface area (Å²) in [5, 5.41) is 0. The molecule has 2 rings (SSSR count). The third-order valence-electron chi connectivity index (χ3n) is 2.13. The van der Waals surface area contributed by atoms with Crippen LogP contribution in [0.15, 0.2) is 0 Å². The van der Waals surface area contributed by atoms with Crippen LogP contribution >= 0.6 is 22.6 Å². The van der Waals surface area contributed by atoms with E-state index in [4.69, 9.17) is 7.48 Å². The normalized spacial score (nSPS) is 57.2. The van der Waals surface area contributed by atoms with E-state index >= 15 is 0 Å². The molecule has 2 heteroatoms. The predicted molar refractivity (Wildman–Crippen MR) is 45.0 cm³/mol. The van der Waals surface area contributed by atoms with Gasteiger partial charge in [0.2, 0.25) is 0 Å². The Kier molecular flexibility index (Phi) is 1.05. The van der Waals surface area contributed by atoms with Gasteiger partial charge in [-0.1, -0.05) is 22.6 Å². The highest BCUT2D eigenvalue weighted by atomic mass is 127. The highest BCUT2D eigenvalue weighted by Crippen LogP contribution is 2.44. The lowest BCUT2D eigenvalue weighted by molar-refractivity contribution is 0.0343. The Labute approximate surface area is 72.1 Å². The Hall–Kier alpha value is 0.690. The molecule has 52 valence electrons. The molecule has 2 saturated heterocycles. The van der Waals surface area contributed by atoms with Gasteiger partial charge in [-0.15, -0.1) is 0 Å². The average Bonchev–Trinajstić information content (AvgIpc) is 2.41. The van der Waals surface area contributed by atoms with E-state index in [2.05, 4.69) is 22.6 Å². The van der Waals surface area contributed by atoms with Crippen molar-refractivity contribution >= 4 is 22.6 Å². The van der Waals surface area contributed by atoms with Gasteiger partial charge in [0.1, 0.15) is 0 Å². The van der Waals surface area contributed by atoms with E-state index in [9.17, 15) is 0 Å². The summed E-state index contributed by atoms with van der Waals surface area (Å²) in [7, 11) is 0. The van der Waals surface area contributed by atoms with E-state index in [0.29, 0.717) is 6.42 Å². The van der Waals surface area contributed by atoms with Gasteiger partial charge < -0.3 is 4.74 Å². The zero-order chi connectivity index (χ0) is 8.11. The van der Waals surface area contributed by atoms with Gasteiger partial charge >= 0.3 is 0 Å². The molecule has 1 nitrogen and oxygen atoms in total. The Balaban J connectivity index is 2.29. The SMILES string of the molecule is [2H]C1([2H])CC2CCC1(CI)O2. The Morgan fingerprint density at radius 3 is 3.00 bits per heavy atom. The van der Waals surface area contributed by atoms with Crippen molar-refractivity contribution in [2.24, 2.45) is 0 Å². The van der Waals surface area contributed by atoms with Crippen molar-refractivity contribution in [3.63, 3.8) is 0 Å².